The quantitative estimate of drug-likeness (QED) is 0.911. The van der Waals surface area contributed by atoms with Crippen LogP contribution < -0.4 is 9.47 Å². The molecule has 1 aromatic carbocycles. The summed E-state index contributed by atoms with van der Waals surface area (Å²) in [5, 5.41) is 8.96. The van der Waals surface area contributed by atoms with Crippen LogP contribution in [0, 0.1) is 5.82 Å². The van der Waals surface area contributed by atoms with Crippen LogP contribution in [0.4, 0.5) is 4.39 Å². The molecule has 1 heterocycles. The molecule has 1 unspecified atom stereocenters. The molecular weight excluding hydrogens is 307 g/mol. The maximum Gasteiger partial charge on any atom is 0.310 e. The van der Waals surface area contributed by atoms with Crippen LogP contribution in [0.2, 0.25) is 0 Å². The highest BCUT2D eigenvalue weighted by atomic mass is 79.9. The molecule has 4 nitrogen and oxygen atoms in total. The number of aliphatic carboxylic acids is 1. The Balaban J connectivity index is 2.53. The summed E-state index contributed by atoms with van der Waals surface area (Å²) in [6, 6.07) is 1.40. The zero-order valence-corrected chi connectivity index (χ0v) is 11.3. The van der Waals surface area contributed by atoms with Crippen molar-refractivity contribution in [3.8, 4) is 11.5 Å². The van der Waals surface area contributed by atoms with Gasteiger partial charge in [-0.2, -0.15) is 0 Å². The van der Waals surface area contributed by atoms with Crippen LogP contribution in [0.25, 0.3) is 0 Å². The third-order valence-electron chi connectivity index (χ3n) is 2.79. The van der Waals surface area contributed by atoms with E-state index in [9.17, 15) is 9.18 Å². The van der Waals surface area contributed by atoms with Crippen molar-refractivity contribution in [1.29, 1.82) is 0 Å². The molecule has 2 rings (SSSR count). The van der Waals surface area contributed by atoms with E-state index >= 15 is 0 Å². The van der Waals surface area contributed by atoms with Crippen molar-refractivity contribution in [3.63, 3.8) is 0 Å². The lowest BCUT2D eigenvalue weighted by atomic mass is 10.00. The summed E-state index contributed by atoms with van der Waals surface area (Å²) in [7, 11) is 0. The van der Waals surface area contributed by atoms with Gasteiger partial charge >= 0.3 is 5.97 Å². The number of benzene rings is 1. The molecule has 1 aliphatic rings. The highest BCUT2D eigenvalue weighted by Crippen LogP contribution is 2.42. The number of carboxylic acid groups (broad SMARTS) is 1. The van der Waals surface area contributed by atoms with E-state index in [4.69, 9.17) is 14.6 Å². The predicted octanol–water partition coefficient (Wildman–Crippen LogP) is 2.94. The summed E-state index contributed by atoms with van der Waals surface area (Å²) < 4.78 is 25.0. The van der Waals surface area contributed by atoms with Crippen LogP contribution in [0.5, 0.6) is 11.5 Å². The number of fused-ring (bicyclic) bond motifs is 1. The van der Waals surface area contributed by atoms with Crippen LogP contribution in [-0.4, -0.2) is 24.3 Å². The molecule has 0 saturated carbocycles. The van der Waals surface area contributed by atoms with Gasteiger partial charge in [0, 0.05) is 12.0 Å². The lowest BCUT2D eigenvalue weighted by Gasteiger charge is -2.15. The Morgan fingerprint density at radius 3 is 2.83 bits per heavy atom. The van der Waals surface area contributed by atoms with E-state index in [1.54, 1.807) is 0 Å². The minimum Gasteiger partial charge on any atom is -0.490 e. The van der Waals surface area contributed by atoms with Gasteiger partial charge in [-0.1, -0.05) is 0 Å². The summed E-state index contributed by atoms with van der Waals surface area (Å²) in [5.74, 6) is -1.97. The van der Waals surface area contributed by atoms with E-state index in [0.717, 1.165) is 0 Å². The molecule has 1 aliphatic heterocycles. The van der Waals surface area contributed by atoms with Gasteiger partial charge in [-0.3, -0.25) is 4.79 Å². The summed E-state index contributed by atoms with van der Waals surface area (Å²) in [4.78, 5) is 10.9. The highest BCUT2D eigenvalue weighted by Gasteiger charge is 2.26. The first-order chi connectivity index (χ1) is 8.52. The average molecular weight is 319 g/mol. The van der Waals surface area contributed by atoms with Crippen LogP contribution in [0.15, 0.2) is 10.5 Å². The fourth-order valence-corrected chi connectivity index (χ4v) is 2.25. The number of ether oxygens (including phenoxy) is 2. The first-order valence-corrected chi connectivity index (χ1v) is 6.32. The number of hydrogen-bond donors (Lipinski definition) is 1. The van der Waals surface area contributed by atoms with E-state index in [0.29, 0.717) is 31.1 Å². The summed E-state index contributed by atoms with van der Waals surface area (Å²) in [6.07, 6.45) is 0.701. The first kappa shape index (κ1) is 13.1. The lowest BCUT2D eigenvalue weighted by Crippen LogP contribution is -2.10. The smallest absolute Gasteiger partial charge is 0.310 e. The first-order valence-electron chi connectivity index (χ1n) is 5.52. The summed E-state index contributed by atoms with van der Waals surface area (Å²) >= 11 is 3.10. The molecule has 0 bridgehead atoms. The Labute approximate surface area is 112 Å². The molecule has 0 aromatic heterocycles. The maximum atomic E-state index is 14.1. The van der Waals surface area contributed by atoms with Gasteiger partial charge in [-0.25, -0.2) is 4.39 Å². The molecule has 1 atom stereocenters. The second kappa shape index (κ2) is 5.14. The molecule has 0 saturated heterocycles. The normalized spacial score (nSPS) is 15.9. The Kier molecular flexibility index (Phi) is 3.75. The van der Waals surface area contributed by atoms with E-state index in [1.807, 2.05) is 0 Å². The minimum atomic E-state index is -1.09. The monoisotopic (exact) mass is 318 g/mol. The second-order valence-corrected chi connectivity index (χ2v) is 4.82. The molecule has 18 heavy (non-hydrogen) atoms. The standard InChI is InChI=1S/C12H12BrFO4/c1-6(12(15)16)7-5-8-11(9(13)10(7)14)18-4-2-3-17-8/h5-6H,2-4H2,1H3,(H,15,16). The SMILES string of the molecule is CC(C(=O)O)c1cc2c(c(Br)c1F)OCCCO2. The van der Waals surface area contributed by atoms with Gasteiger partial charge in [0.1, 0.15) is 5.82 Å². The van der Waals surface area contributed by atoms with Crippen molar-refractivity contribution >= 4 is 21.9 Å². The van der Waals surface area contributed by atoms with Gasteiger partial charge < -0.3 is 14.6 Å². The third kappa shape index (κ3) is 2.29. The largest absolute Gasteiger partial charge is 0.490 e. The molecule has 0 fully saturated rings. The van der Waals surface area contributed by atoms with E-state index in [2.05, 4.69) is 15.9 Å². The fraction of sp³-hybridized carbons (Fsp3) is 0.417. The van der Waals surface area contributed by atoms with Crippen molar-refractivity contribution in [2.24, 2.45) is 0 Å². The van der Waals surface area contributed by atoms with E-state index < -0.39 is 17.7 Å². The van der Waals surface area contributed by atoms with Gasteiger partial charge in [0.15, 0.2) is 11.5 Å². The van der Waals surface area contributed by atoms with Crippen LogP contribution in [-0.2, 0) is 4.79 Å². The predicted molar refractivity (Wildman–Crippen MR) is 65.8 cm³/mol. The fourth-order valence-electron chi connectivity index (χ4n) is 1.71. The van der Waals surface area contributed by atoms with Crippen molar-refractivity contribution in [2.45, 2.75) is 19.3 Å². The second-order valence-electron chi connectivity index (χ2n) is 4.03. The molecule has 1 N–H and O–H groups in total. The molecule has 1 aromatic rings. The average Bonchev–Trinajstić information content (AvgIpc) is 2.58. The van der Waals surface area contributed by atoms with E-state index in [1.165, 1.54) is 13.0 Å². The van der Waals surface area contributed by atoms with Crippen LogP contribution >= 0.6 is 15.9 Å². The molecular formula is C12H12BrFO4. The summed E-state index contributed by atoms with van der Waals surface area (Å²) in [6.45, 7) is 2.34. The number of carbonyl (C=O) groups is 1. The van der Waals surface area contributed by atoms with Crippen molar-refractivity contribution in [3.05, 3.63) is 21.9 Å². The highest BCUT2D eigenvalue weighted by molar-refractivity contribution is 9.10. The molecule has 0 spiro atoms. The number of rotatable bonds is 2. The maximum absolute atomic E-state index is 14.1. The minimum absolute atomic E-state index is 0.0821. The zero-order valence-electron chi connectivity index (χ0n) is 9.70. The van der Waals surface area contributed by atoms with Crippen LogP contribution in [0.1, 0.15) is 24.8 Å². The molecule has 0 aliphatic carbocycles. The van der Waals surface area contributed by atoms with Crippen molar-refractivity contribution < 1.29 is 23.8 Å². The molecule has 6 heteroatoms. The number of hydrogen-bond acceptors (Lipinski definition) is 3. The van der Waals surface area contributed by atoms with Gasteiger partial charge in [-0.05, 0) is 28.9 Å². The molecule has 98 valence electrons. The topological polar surface area (TPSA) is 55.8 Å². The zero-order chi connectivity index (χ0) is 13.3. The van der Waals surface area contributed by atoms with Gasteiger partial charge in [0.25, 0.3) is 0 Å². The van der Waals surface area contributed by atoms with E-state index in [-0.39, 0.29) is 10.0 Å². The van der Waals surface area contributed by atoms with Crippen molar-refractivity contribution in [2.75, 3.05) is 13.2 Å². The third-order valence-corrected chi connectivity index (χ3v) is 3.49. The molecule has 0 amide bonds. The Bertz CT molecular complexity index is 489. The molecule has 0 radical (unpaired) electrons. The van der Waals surface area contributed by atoms with Gasteiger partial charge in [0.2, 0.25) is 0 Å². The van der Waals surface area contributed by atoms with Crippen molar-refractivity contribution in [1.82, 2.24) is 0 Å². The number of carboxylic acids is 1. The Morgan fingerprint density at radius 1 is 1.50 bits per heavy atom. The Morgan fingerprint density at radius 2 is 2.17 bits per heavy atom. The van der Waals surface area contributed by atoms with Gasteiger partial charge in [-0.15, -0.1) is 0 Å². The van der Waals surface area contributed by atoms with Crippen LogP contribution in [0.3, 0.4) is 0 Å². The Hall–Kier alpha value is -1.30. The number of halogens is 2. The summed E-state index contributed by atoms with van der Waals surface area (Å²) in [5.41, 5.74) is 0.0821. The lowest BCUT2D eigenvalue weighted by molar-refractivity contribution is -0.138. The van der Waals surface area contributed by atoms with Gasteiger partial charge in [0.05, 0.1) is 23.6 Å².